The summed E-state index contributed by atoms with van der Waals surface area (Å²) in [4.78, 5) is 9.16. The fourth-order valence-corrected chi connectivity index (χ4v) is 2.91. The van der Waals surface area contributed by atoms with Crippen LogP contribution in [0.3, 0.4) is 0 Å². The topological polar surface area (TPSA) is 39.9 Å². The van der Waals surface area contributed by atoms with Crippen molar-refractivity contribution in [3.8, 4) is 0 Å². The molecule has 102 valence electrons. The molecule has 0 aromatic carbocycles. The number of rotatable bonds is 3. The van der Waals surface area contributed by atoms with E-state index in [1.807, 2.05) is 19.1 Å². The summed E-state index contributed by atoms with van der Waals surface area (Å²) in [7, 11) is 0. The van der Waals surface area contributed by atoms with Gasteiger partial charge in [-0.25, -0.2) is 9.97 Å². The summed E-state index contributed by atoms with van der Waals surface area (Å²) in [6.07, 6.45) is 2.19. The molecule has 3 rings (SSSR count). The van der Waals surface area contributed by atoms with Gasteiger partial charge in [0.05, 0.1) is 18.0 Å². The van der Waals surface area contributed by atoms with Gasteiger partial charge in [-0.2, -0.15) is 0 Å². The number of aromatic nitrogens is 3. The number of halogens is 1. The third-order valence-electron chi connectivity index (χ3n) is 3.72. The van der Waals surface area contributed by atoms with Crippen LogP contribution in [0.15, 0.2) is 12.1 Å². The van der Waals surface area contributed by atoms with Gasteiger partial charge in [-0.3, -0.25) is 0 Å². The van der Waals surface area contributed by atoms with Gasteiger partial charge in [0.15, 0.2) is 5.65 Å². The van der Waals surface area contributed by atoms with Gasteiger partial charge in [0.25, 0.3) is 0 Å². The zero-order valence-corrected chi connectivity index (χ0v) is 12.1. The van der Waals surface area contributed by atoms with Crippen molar-refractivity contribution in [2.24, 2.45) is 0 Å². The lowest BCUT2D eigenvalue weighted by Crippen LogP contribution is -2.30. The minimum Gasteiger partial charge on any atom is -0.373 e. The molecular formula is C14H18ClN3O. The molecule has 0 bridgehead atoms. The van der Waals surface area contributed by atoms with Gasteiger partial charge in [0.1, 0.15) is 11.3 Å². The molecule has 5 heteroatoms. The molecule has 1 unspecified atom stereocenters. The molecule has 0 N–H and O–H groups in total. The van der Waals surface area contributed by atoms with E-state index in [0.29, 0.717) is 5.88 Å². The van der Waals surface area contributed by atoms with E-state index in [2.05, 4.69) is 21.5 Å². The number of aryl methyl sites for hydroxylation is 1. The SMILES string of the molecule is Cc1ccc2nc(CCl)n(CC3(C)CCCO3)c2n1. The van der Waals surface area contributed by atoms with Crippen molar-refractivity contribution < 1.29 is 4.74 Å². The lowest BCUT2D eigenvalue weighted by Gasteiger charge is -2.24. The predicted molar refractivity (Wildman–Crippen MR) is 75.4 cm³/mol. The van der Waals surface area contributed by atoms with E-state index >= 15 is 0 Å². The Bertz CT molecular complexity index is 602. The number of imidazole rings is 1. The van der Waals surface area contributed by atoms with E-state index in [1.54, 1.807) is 0 Å². The minimum atomic E-state index is -0.125. The monoisotopic (exact) mass is 279 g/mol. The predicted octanol–water partition coefficient (Wildman–Crippen LogP) is 3.05. The van der Waals surface area contributed by atoms with Crippen molar-refractivity contribution >= 4 is 22.8 Å². The third kappa shape index (κ3) is 2.35. The molecule has 1 aliphatic rings. The summed E-state index contributed by atoms with van der Waals surface area (Å²) >= 11 is 6.02. The van der Waals surface area contributed by atoms with Crippen molar-refractivity contribution in [2.75, 3.05) is 6.61 Å². The van der Waals surface area contributed by atoms with Crippen LogP contribution in [0.4, 0.5) is 0 Å². The van der Waals surface area contributed by atoms with Gasteiger partial charge in [0.2, 0.25) is 0 Å². The summed E-state index contributed by atoms with van der Waals surface area (Å²) < 4.78 is 7.98. The number of hydrogen-bond donors (Lipinski definition) is 0. The summed E-state index contributed by atoms with van der Waals surface area (Å²) in [5, 5.41) is 0. The Balaban J connectivity index is 2.07. The Morgan fingerprint density at radius 1 is 1.42 bits per heavy atom. The average Bonchev–Trinajstić information content (AvgIpc) is 2.95. The van der Waals surface area contributed by atoms with Crippen LogP contribution in [0, 0.1) is 6.92 Å². The highest BCUT2D eigenvalue weighted by atomic mass is 35.5. The first-order chi connectivity index (χ1) is 9.11. The van der Waals surface area contributed by atoms with E-state index in [9.17, 15) is 0 Å². The largest absolute Gasteiger partial charge is 0.373 e. The second-order valence-electron chi connectivity index (χ2n) is 5.45. The van der Waals surface area contributed by atoms with E-state index < -0.39 is 0 Å². The maximum Gasteiger partial charge on any atom is 0.160 e. The quantitative estimate of drug-likeness (QED) is 0.811. The summed E-state index contributed by atoms with van der Waals surface area (Å²) in [5.74, 6) is 1.26. The molecule has 1 fully saturated rings. The molecular weight excluding hydrogens is 262 g/mol. The van der Waals surface area contributed by atoms with Crippen LogP contribution in [-0.4, -0.2) is 26.7 Å². The van der Waals surface area contributed by atoms with E-state index in [4.69, 9.17) is 16.3 Å². The van der Waals surface area contributed by atoms with Crippen LogP contribution in [-0.2, 0) is 17.2 Å². The number of pyridine rings is 1. The highest BCUT2D eigenvalue weighted by molar-refractivity contribution is 6.16. The van der Waals surface area contributed by atoms with Gasteiger partial charge in [-0.15, -0.1) is 11.6 Å². The first-order valence-corrected chi connectivity index (χ1v) is 7.17. The van der Waals surface area contributed by atoms with Crippen molar-refractivity contribution in [1.82, 2.24) is 14.5 Å². The second kappa shape index (κ2) is 4.76. The lowest BCUT2D eigenvalue weighted by atomic mass is 10.0. The summed E-state index contributed by atoms with van der Waals surface area (Å²) in [5.41, 5.74) is 2.68. The molecule has 0 amide bonds. The molecule has 1 aliphatic heterocycles. The zero-order chi connectivity index (χ0) is 13.5. The molecule has 0 aliphatic carbocycles. The standard InChI is InChI=1S/C14H18ClN3O/c1-10-4-5-11-13(16-10)18(12(8-15)17-11)9-14(2)6-3-7-19-14/h4-5H,3,6-9H2,1-2H3. The molecule has 1 saturated heterocycles. The third-order valence-corrected chi connectivity index (χ3v) is 3.96. The molecule has 2 aromatic rings. The van der Waals surface area contributed by atoms with Crippen molar-refractivity contribution in [2.45, 2.75) is 44.7 Å². The molecule has 0 spiro atoms. The minimum absolute atomic E-state index is 0.125. The number of hydrogen-bond acceptors (Lipinski definition) is 3. The van der Waals surface area contributed by atoms with Crippen LogP contribution in [0.2, 0.25) is 0 Å². The Labute approximate surface area is 117 Å². The van der Waals surface area contributed by atoms with E-state index in [0.717, 1.165) is 48.7 Å². The fraction of sp³-hybridized carbons (Fsp3) is 0.571. The van der Waals surface area contributed by atoms with E-state index in [-0.39, 0.29) is 5.60 Å². The normalized spacial score (nSPS) is 23.3. The lowest BCUT2D eigenvalue weighted by molar-refractivity contribution is 0.00649. The van der Waals surface area contributed by atoms with Crippen LogP contribution in [0.5, 0.6) is 0 Å². The van der Waals surface area contributed by atoms with Crippen LogP contribution in [0.25, 0.3) is 11.2 Å². The van der Waals surface area contributed by atoms with Gasteiger partial charge >= 0.3 is 0 Å². The average molecular weight is 280 g/mol. The van der Waals surface area contributed by atoms with Crippen molar-refractivity contribution in [3.63, 3.8) is 0 Å². The highest BCUT2D eigenvalue weighted by Crippen LogP contribution is 2.29. The van der Waals surface area contributed by atoms with Crippen molar-refractivity contribution in [3.05, 3.63) is 23.7 Å². The first-order valence-electron chi connectivity index (χ1n) is 6.64. The molecule has 19 heavy (non-hydrogen) atoms. The molecule has 0 radical (unpaired) electrons. The molecule has 4 nitrogen and oxygen atoms in total. The molecule has 3 heterocycles. The maximum absolute atomic E-state index is 6.02. The maximum atomic E-state index is 6.02. The van der Waals surface area contributed by atoms with Crippen molar-refractivity contribution in [1.29, 1.82) is 0 Å². The van der Waals surface area contributed by atoms with Gasteiger partial charge in [-0.1, -0.05) is 0 Å². The number of nitrogens with zero attached hydrogens (tertiary/aromatic N) is 3. The Morgan fingerprint density at radius 3 is 2.95 bits per heavy atom. The van der Waals surface area contributed by atoms with Gasteiger partial charge in [-0.05, 0) is 38.8 Å². The summed E-state index contributed by atoms with van der Waals surface area (Å²) in [6.45, 7) is 5.75. The zero-order valence-electron chi connectivity index (χ0n) is 11.3. The Hall–Kier alpha value is -1.13. The van der Waals surface area contributed by atoms with Crippen LogP contribution >= 0.6 is 11.6 Å². The van der Waals surface area contributed by atoms with Crippen LogP contribution in [0.1, 0.15) is 31.3 Å². The molecule has 2 aromatic heterocycles. The molecule has 0 saturated carbocycles. The molecule has 1 atom stereocenters. The van der Waals surface area contributed by atoms with Gasteiger partial charge in [0, 0.05) is 12.3 Å². The van der Waals surface area contributed by atoms with Crippen LogP contribution < -0.4 is 0 Å². The van der Waals surface area contributed by atoms with Gasteiger partial charge < -0.3 is 9.30 Å². The number of ether oxygens (including phenoxy) is 1. The Morgan fingerprint density at radius 2 is 2.26 bits per heavy atom. The number of alkyl halides is 1. The second-order valence-corrected chi connectivity index (χ2v) is 5.71. The highest BCUT2D eigenvalue weighted by Gasteiger charge is 2.31. The fourth-order valence-electron chi connectivity index (χ4n) is 2.71. The number of fused-ring (bicyclic) bond motifs is 1. The van der Waals surface area contributed by atoms with E-state index in [1.165, 1.54) is 0 Å². The smallest absolute Gasteiger partial charge is 0.160 e. The first kappa shape index (κ1) is 12.9. The summed E-state index contributed by atoms with van der Waals surface area (Å²) in [6, 6.07) is 3.98. The Kier molecular flexibility index (Phi) is 3.23.